The Kier molecular flexibility index (Phi) is 7.45. The summed E-state index contributed by atoms with van der Waals surface area (Å²) in [6.07, 6.45) is 0. The Morgan fingerprint density at radius 3 is 1.97 bits per heavy atom. The van der Waals surface area contributed by atoms with Crippen LogP contribution in [0, 0.1) is 10.1 Å². The molecular weight excluding hydrogens is 495 g/mol. The summed E-state index contributed by atoms with van der Waals surface area (Å²) in [5.41, 5.74) is 1.20. The minimum Gasteiger partial charge on any atom is -0.466 e. The number of carbonyl (C=O) groups is 1. The van der Waals surface area contributed by atoms with E-state index >= 15 is 0 Å². The zero-order valence-electron chi connectivity index (χ0n) is 20.4. The maximum atomic E-state index is 14.8. The number of ether oxygens (including phenoxy) is 1. The summed E-state index contributed by atoms with van der Waals surface area (Å²) in [5, 5.41) is 14.8. The van der Waals surface area contributed by atoms with Gasteiger partial charge in [0.2, 0.25) is 0 Å². The second-order valence-electron chi connectivity index (χ2n) is 8.26. The Morgan fingerprint density at radius 2 is 1.46 bits per heavy atom. The Bertz CT molecular complexity index is 1390. The molecule has 1 heterocycles. The fraction of sp³-hybridized carbons (Fsp3) is 0.148. The van der Waals surface area contributed by atoms with Gasteiger partial charge in [-0.2, -0.15) is 0 Å². The number of nitrogens with one attached hydrogen (secondary N) is 1. The van der Waals surface area contributed by atoms with Crippen molar-refractivity contribution in [3.63, 3.8) is 0 Å². The van der Waals surface area contributed by atoms with Gasteiger partial charge in [0.1, 0.15) is 11.5 Å². The molecule has 1 N–H and O–H groups in total. The van der Waals surface area contributed by atoms with Crippen molar-refractivity contribution in [3.05, 3.63) is 123 Å². The van der Waals surface area contributed by atoms with Crippen LogP contribution in [0.4, 0.5) is 5.69 Å². The lowest BCUT2D eigenvalue weighted by atomic mass is 9.86. The minimum absolute atomic E-state index is 0.131. The van der Waals surface area contributed by atoms with Crippen molar-refractivity contribution in [2.45, 2.75) is 19.8 Å². The molecule has 10 heteroatoms. The van der Waals surface area contributed by atoms with E-state index in [4.69, 9.17) is 13.8 Å². The standard InChI is InChI=1S/C27H25N2O7P/c1-18-24(27(30)34-3)25(20-11-10-12-21(17-20)29(31)32)26(19(2)28-18)37(33,35-22-13-6-4-7-14-22)36-23-15-8-5-9-16-23/h4-17,25,28H,1-3H3. The first-order valence-corrected chi connectivity index (χ1v) is 12.9. The molecule has 1 unspecified atom stereocenters. The number of dihydropyridines is 1. The lowest BCUT2D eigenvalue weighted by Gasteiger charge is -2.34. The van der Waals surface area contributed by atoms with Gasteiger partial charge in [-0.05, 0) is 43.7 Å². The zero-order chi connectivity index (χ0) is 26.6. The molecule has 1 atom stereocenters. The lowest BCUT2D eigenvalue weighted by molar-refractivity contribution is -0.384. The number of nitrogens with zero attached hydrogens (tertiary/aromatic N) is 1. The summed E-state index contributed by atoms with van der Waals surface area (Å²) in [6, 6.07) is 22.8. The summed E-state index contributed by atoms with van der Waals surface area (Å²) in [5.74, 6) is -1.14. The highest BCUT2D eigenvalue weighted by molar-refractivity contribution is 7.59. The average Bonchev–Trinajstić information content (AvgIpc) is 2.88. The second-order valence-corrected chi connectivity index (χ2v) is 10.1. The SMILES string of the molecule is COC(=O)C1=C(C)NC(C)=C(P(=O)(Oc2ccccc2)Oc2ccccc2)C1c1cccc([N+](=O)[O-])c1. The quantitative estimate of drug-likeness (QED) is 0.159. The van der Waals surface area contributed by atoms with Gasteiger partial charge < -0.3 is 19.1 Å². The molecule has 0 fully saturated rings. The van der Waals surface area contributed by atoms with Gasteiger partial charge >= 0.3 is 13.6 Å². The van der Waals surface area contributed by atoms with Gasteiger partial charge in [-0.25, -0.2) is 9.36 Å². The van der Waals surface area contributed by atoms with E-state index in [1.165, 1.54) is 25.3 Å². The number of benzene rings is 3. The molecule has 0 amide bonds. The van der Waals surface area contributed by atoms with Crippen LogP contribution in [0.1, 0.15) is 25.3 Å². The van der Waals surface area contributed by atoms with Gasteiger partial charge in [0.15, 0.2) is 0 Å². The highest BCUT2D eigenvalue weighted by Crippen LogP contribution is 2.63. The number of non-ortho nitro benzene ring substituents is 1. The largest absolute Gasteiger partial charge is 0.466 e. The van der Waals surface area contributed by atoms with Crippen LogP contribution >= 0.6 is 7.60 Å². The van der Waals surface area contributed by atoms with Crippen LogP contribution in [0.5, 0.6) is 11.5 Å². The first kappa shape index (κ1) is 25.7. The molecule has 0 aliphatic carbocycles. The Labute approximate surface area is 214 Å². The van der Waals surface area contributed by atoms with E-state index in [-0.39, 0.29) is 28.1 Å². The van der Waals surface area contributed by atoms with Crippen molar-refractivity contribution in [2.75, 3.05) is 7.11 Å². The van der Waals surface area contributed by atoms with Crippen molar-refractivity contribution < 1.29 is 28.1 Å². The molecule has 0 saturated carbocycles. The molecule has 0 saturated heterocycles. The number of hydrogen-bond acceptors (Lipinski definition) is 8. The van der Waals surface area contributed by atoms with E-state index in [1.54, 1.807) is 80.6 Å². The highest BCUT2D eigenvalue weighted by atomic mass is 31.2. The number of rotatable bonds is 8. The van der Waals surface area contributed by atoms with Crippen LogP contribution in [0.2, 0.25) is 0 Å². The topological polar surface area (TPSA) is 117 Å². The molecule has 37 heavy (non-hydrogen) atoms. The normalized spacial score (nSPS) is 15.6. The van der Waals surface area contributed by atoms with Crippen LogP contribution < -0.4 is 14.4 Å². The lowest BCUT2D eigenvalue weighted by Crippen LogP contribution is -2.30. The molecule has 1 aliphatic heterocycles. The number of nitro benzene ring substituents is 1. The third kappa shape index (κ3) is 5.42. The monoisotopic (exact) mass is 520 g/mol. The Balaban J connectivity index is 1.96. The predicted molar refractivity (Wildman–Crippen MR) is 138 cm³/mol. The van der Waals surface area contributed by atoms with Gasteiger partial charge in [0.25, 0.3) is 5.69 Å². The van der Waals surface area contributed by atoms with Crippen LogP contribution in [-0.4, -0.2) is 18.0 Å². The number of hydrogen-bond donors (Lipinski definition) is 1. The summed E-state index contributed by atoms with van der Waals surface area (Å²) >= 11 is 0. The average molecular weight is 520 g/mol. The molecule has 0 bridgehead atoms. The van der Waals surface area contributed by atoms with E-state index in [2.05, 4.69) is 5.32 Å². The van der Waals surface area contributed by atoms with Gasteiger partial charge in [0.05, 0.1) is 28.8 Å². The van der Waals surface area contributed by atoms with Crippen LogP contribution in [0.25, 0.3) is 0 Å². The van der Waals surface area contributed by atoms with E-state index < -0.39 is 24.4 Å². The molecule has 0 radical (unpaired) electrons. The number of nitro groups is 1. The second kappa shape index (κ2) is 10.7. The summed E-state index contributed by atoms with van der Waals surface area (Å²) < 4.78 is 32.0. The fourth-order valence-electron chi connectivity index (χ4n) is 4.23. The van der Waals surface area contributed by atoms with Crippen LogP contribution in [-0.2, 0) is 14.1 Å². The van der Waals surface area contributed by atoms with Gasteiger partial charge in [-0.1, -0.05) is 48.5 Å². The number of esters is 1. The van der Waals surface area contributed by atoms with E-state index in [0.29, 0.717) is 17.0 Å². The van der Waals surface area contributed by atoms with Gasteiger partial charge in [0, 0.05) is 23.5 Å². The van der Waals surface area contributed by atoms with Crippen LogP contribution in [0.3, 0.4) is 0 Å². The number of carbonyl (C=O) groups excluding carboxylic acids is 1. The van der Waals surface area contributed by atoms with Gasteiger partial charge in [-0.3, -0.25) is 10.1 Å². The molecule has 4 rings (SSSR count). The summed E-state index contributed by atoms with van der Waals surface area (Å²) in [4.78, 5) is 24.1. The maximum absolute atomic E-state index is 14.8. The highest BCUT2D eigenvalue weighted by Gasteiger charge is 2.47. The van der Waals surface area contributed by atoms with Crippen molar-refractivity contribution in [2.24, 2.45) is 0 Å². The van der Waals surface area contributed by atoms with Crippen molar-refractivity contribution in [1.29, 1.82) is 0 Å². The smallest absolute Gasteiger partial charge is 0.461 e. The molecule has 3 aromatic carbocycles. The maximum Gasteiger partial charge on any atom is 0.461 e. The van der Waals surface area contributed by atoms with Crippen LogP contribution in [0.15, 0.2) is 107 Å². The summed E-state index contributed by atoms with van der Waals surface area (Å²) in [6.45, 7) is 3.37. The zero-order valence-corrected chi connectivity index (χ0v) is 21.3. The third-order valence-electron chi connectivity index (χ3n) is 5.78. The fourth-order valence-corrected chi connectivity index (χ4v) is 6.32. The molecule has 0 spiro atoms. The minimum atomic E-state index is -4.26. The first-order valence-electron chi connectivity index (χ1n) is 11.3. The molecule has 0 aromatic heterocycles. The Hall–Kier alpha value is -4.36. The summed E-state index contributed by atoms with van der Waals surface area (Å²) in [7, 11) is -3.03. The molecular formula is C27H25N2O7P. The predicted octanol–water partition coefficient (Wildman–Crippen LogP) is 6.31. The number of para-hydroxylation sites is 2. The first-order chi connectivity index (χ1) is 17.7. The molecule has 190 valence electrons. The van der Waals surface area contributed by atoms with Crippen molar-refractivity contribution in [3.8, 4) is 11.5 Å². The van der Waals surface area contributed by atoms with Gasteiger partial charge in [-0.15, -0.1) is 0 Å². The third-order valence-corrected chi connectivity index (χ3v) is 7.86. The van der Waals surface area contributed by atoms with E-state index in [9.17, 15) is 19.5 Å². The van der Waals surface area contributed by atoms with Crippen molar-refractivity contribution >= 4 is 19.3 Å². The number of allylic oxidation sites excluding steroid dienone is 3. The molecule has 1 aliphatic rings. The van der Waals surface area contributed by atoms with Crippen molar-refractivity contribution in [1.82, 2.24) is 5.32 Å². The molecule has 3 aromatic rings. The van der Waals surface area contributed by atoms with E-state index in [0.717, 1.165) is 0 Å². The number of methoxy groups -OCH3 is 1. The Morgan fingerprint density at radius 1 is 0.892 bits per heavy atom. The van der Waals surface area contributed by atoms with E-state index in [1.807, 2.05) is 0 Å². The molecule has 9 nitrogen and oxygen atoms in total.